The lowest BCUT2D eigenvalue weighted by Crippen LogP contribution is -2.17. The highest BCUT2D eigenvalue weighted by Gasteiger charge is 2.46. The number of ketones is 1. The summed E-state index contributed by atoms with van der Waals surface area (Å²) in [4.78, 5) is 39.0. The fourth-order valence-electron chi connectivity index (χ4n) is 4.96. The van der Waals surface area contributed by atoms with Gasteiger partial charge in [-0.05, 0) is 97.8 Å². The maximum absolute atomic E-state index is 13.1. The van der Waals surface area contributed by atoms with Crippen LogP contribution >= 0.6 is 15.9 Å². The van der Waals surface area contributed by atoms with E-state index in [1.54, 1.807) is 12.3 Å². The molecule has 2 aliphatic carbocycles. The summed E-state index contributed by atoms with van der Waals surface area (Å²) in [5.74, 6) is 0.927. The number of nitrogens with one attached hydrogen (secondary N) is 2. The van der Waals surface area contributed by atoms with Gasteiger partial charge in [0.2, 0.25) is 5.91 Å². The van der Waals surface area contributed by atoms with Crippen LogP contribution in [0.2, 0.25) is 0 Å². The normalized spacial score (nSPS) is 19.3. The van der Waals surface area contributed by atoms with Crippen molar-refractivity contribution < 1.29 is 9.59 Å². The summed E-state index contributed by atoms with van der Waals surface area (Å²) < 4.78 is 3.07. The number of imidazole rings is 1. The van der Waals surface area contributed by atoms with Gasteiger partial charge in [-0.1, -0.05) is 0 Å². The molecular formula is C29H29BrN6O2. The quantitative estimate of drug-likeness (QED) is 0.244. The van der Waals surface area contributed by atoms with Crippen LogP contribution in [-0.4, -0.2) is 31.0 Å². The van der Waals surface area contributed by atoms with Gasteiger partial charge in [0.15, 0.2) is 11.4 Å². The topological polar surface area (TPSA) is 101 Å². The van der Waals surface area contributed by atoms with Crippen LogP contribution in [0.3, 0.4) is 0 Å². The minimum absolute atomic E-state index is 0.00631. The number of rotatable bonds is 8. The van der Waals surface area contributed by atoms with Gasteiger partial charge in [0.25, 0.3) is 0 Å². The fourth-order valence-corrected chi connectivity index (χ4v) is 5.51. The number of benzene rings is 1. The molecule has 6 rings (SSSR count). The molecule has 3 atom stereocenters. The van der Waals surface area contributed by atoms with E-state index in [1.807, 2.05) is 32.0 Å². The Hall–Kier alpha value is -3.59. The smallest absolute Gasteiger partial charge is 0.228 e. The molecule has 0 spiro atoms. The summed E-state index contributed by atoms with van der Waals surface area (Å²) in [6.45, 7) is 5.47. The number of carbonyl (C=O) groups is 2. The molecule has 9 heteroatoms. The highest BCUT2D eigenvalue weighted by atomic mass is 79.9. The van der Waals surface area contributed by atoms with Gasteiger partial charge >= 0.3 is 0 Å². The third kappa shape index (κ3) is 4.95. The molecule has 1 aromatic carbocycles. The van der Waals surface area contributed by atoms with Crippen molar-refractivity contribution in [3.8, 4) is 0 Å². The number of nitrogens with zero attached hydrogens (tertiary/aromatic N) is 4. The number of hydrogen-bond acceptors (Lipinski definition) is 6. The van der Waals surface area contributed by atoms with Gasteiger partial charge in [0, 0.05) is 47.4 Å². The van der Waals surface area contributed by atoms with E-state index in [9.17, 15) is 9.59 Å². The molecule has 2 aliphatic rings. The van der Waals surface area contributed by atoms with Gasteiger partial charge in [-0.2, -0.15) is 0 Å². The number of carbonyl (C=O) groups excluding carboxylic acids is 2. The van der Waals surface area contributed by atoms with E-state index in [0.29, 0.717) is 29.4 Å². The van der Waals surface area contributed by atoms with E-state index in [1.165, 1.54) is 25.3 Å². The molecule has 3 aromatic heterocycles. The van der Waals surface area contributed by atoms with E-state index in [4.69, 9.17) is 4.98 Å². The molecular weight excluding hydrogens is 544 g/mol. The molecule has 8 nitrogen and oxygen atoms in total. The molecule has 0 saturated heterocycles. The van der Waals surface area contributed by atoms with Crippen molar-refractivity contribution in [2.45, 2.75) is 57.9 Å². The van der Waals surface area contributed by atoms with Crippen LogP contribution in [0.4, 0.5) is 11.4 Å². The summed E-state index contributed by atoms with van der Waals surface area (Å²) in [6, 6.07) is 9.36. The van der Waals surface area contributed by atoms with E-state index in [2.05, 4.69) is 59.4 Å². The van der Waals surface area contributed by atoms with Crippen molar-refractivity contribution in [1.29, 1.82) is 0 Å². The van der Waals surface area contributed by atoms with Gasteiger partial charge < -0.3 is 15.0 Å². The van der Waals surface area contributed by atoms with Crippen molar-refractivity contribution >= 4 is 44.6 Å². The molecule has 38 heavy (non-hydrogen) atoms. The number of pyridine rings is 1. The number of fused-ring (bicyclic) bond motifs is 1. The average Bonchev–Trinajstić information content (AvgIpc) is 3.80. The summed E-state index contributed by atoms with van der Waals surface area (Å²) in [6.07, 6.45) is 9.13. The highest BCUT2D eigenvalue weighted by Crippen LogP contribution is 2.47. The number of hydrogen-bond donors (Lipinski definition) is 2. The van der Waals surface area contributed by atoms with Crippen LogP contribution in [0.25, 0.3) is 5.65 Å². The first-order valence-corrected chi connectivity index (χ1v) is 13.8. The van der Waals surface area contributed by atoms with Crippen molar-refractivity contribution in [3.05, 3.63) is 81.7 Å². The second kappa shape index (κ2) is 9.62. The summed E-state index contributed by atoms with van der Waals surface area (Å²) in [5.41, 5.74) is 5.78. The molecule has 4 aromatic rings. The van der Waals surface area contributed by atoms with Crippen LogP contribution in [0.1, 0.15) is 84.1 Å². The molecule has 2 N–H and O–H groups in total. The van der Waals surface area contributed by atoms with Gasteiger partial charge in [-0.25, -0.2) is 15.0 Å². The van der Waals surface area contributed by atoms with Gasteiger partial charge in [0.1, 0.15) is 5.82 Å². The van der Waals surface area contributed by atoms with Crippen LogP contribution in [0.15, 0.2) is 53.4 Å². The van der Waals surface area contributed by atoms with E-state index in [-0.39, 0.29) is 29.6 Å². The Bertz CT molecular complexity index is 1580. The van der Waals surface area contributed by atoms with Crippen molar-refractivity contribution in [2.75, 3.05) is 10.6 Å². The standard InChI is InChI=1S/C29H29BrN6O2/c1-15-8-9-31-27(32-15)22-12-23(22)29(38)35-25-11-20(6-7-21(25)17(3)37)33-16(2)26-14-36-13-19(18-4-5-18)10-24(30)28(36)34-26/h6-11,13-14,16,18,22-23,33H,4-5,12H2,1-3H3,(H,35,38)/t16-,22?,23?/m1/s1. The molecule has 2 fully saturated rings. The first-order valence-electron chi connectivity index (χ1n) is 13.0. The second-order valence-corrected chi connectivity index (χ2v) is 11.3. The predicted molar refractivity (Wildman–Crippen MR) is 150 cm³/mol. The average molecular weight is 573 g/mol. The number of halogens is 1. The molecule has 1 amide bonds. The van der Waals surface area contributed by atoms with Gasteiger partial charge in [-0.3, -0.25) is 9.59 Å². The monoisotopic (exact) mass is 572 g/mol. The van der Waals surface area contributed by atoms with E-state index >= 15 is 0 Å². The van der Waals surface area contributed by atoms with Crippen molar-refractivity contribution in [1.82, 2.24) is 19.4 Å². The van der Waals surface area contributed by atoms with Crippen molar-refractivity contribution in [2.24, 2.45) is 5.92 Å². The minimum atomic E-state index is -0.205. The molecule has 0 aliphatic heterocycles. The molecule has 0 bridgehead atoms. The zero-order valence-electron chi connectivity index (χ0n) is 21.5. The fraction of sp³-hybridized carbons (Fsp3) is 0.345. The lowest BCUT2D eigenvalue weighted by molar-refractivity contribution is -0.117. The summed E-state index contributed by atoms with van der Waals surface area (Å²) in [7, 11) is 0. The SMILES string of the molecule is CC(=O)c1ccc(N[C@H](C)c2cn3cc(C4CC4)cc(Br)c3n2)cc1NC(=O)C1CC1c1nccc(C)n1. The summed E-state index contributed by atoms with van der Waals surface area (Å²) in [5, 5.41) is 6.47. The van der Waals surface area contributed by atoms with Gasteiger partial charge in [0.05, 0.1) is 21.9 Å². The Labute approximate surface area is 229 Å². The maximum atomic E-state index is 13.1. The maximum Gasteiger partial charge on any atom is 0.228 e. The van der Waals surface area contributed by atoms with Crippen LogP contribution < -0.4 is 10.6 Å². The second-order valence-electron chi connectivity index (χ2n) is 10.5. The first kappa shape index (κ1) is 24.7. The molecule has 194 valence electrons. The Balaban J connectivity index is 1.19. The number of amides is 1. The first-order chi connectivity index (χ1) is 18.3. The Morgan fingerprint density at radius 3 is 2.68 bits per heavy atom. The minimum Gasteiger partial charge on any atom is -0.377 e. The van der Waals surface area contributed by atoms with Crippen LogP contribution in [-0.2, 0) is 4.79 Å². The summed E-state index contributed by atoms with van der Waals surface area (Å²) >= 11 is 3.68. The lowest BCUT2D eigenvalue weighted by Gasteiger charge is -2.16. The predicted octanol–water partition coefficient (Wildman–Crippen LogP) is 6.19. The largest absolute Gasteiger partial charge is 0.377 e. The Morgan fingerprint density at radius 1 is 1.13 bits per heavy atom. The third-order valence-corrected chi connectivity index (χ3v) is 7.93. The molecule has 2 saturated carbocycles. The van der Waals surface area contributed by atoms with Crippen LogP contribution in [0.5, 0.6) is 0 Å². The third-order valence-electron chi connectivity index (χ3n) is 7.35. The van der Waals surface area contributed by atoms with Crippen molar-refractivity contribution in [3.63, 3.8) is 0 Å². The number of anilines is 2. The Kier molecular flexibility index (Phi) is 6.26. The van der Waals surface area contributed by atoms with E-state index in [0.717, 1.165) is 27.2 Å². The molecule has 2 unspecified atom stereocenters. The van der Waals surface area contributed by atoms with E-state index < -0.39 is 0 Å². The molecule has 0 radical (unpaired) electrons. The Morgan fingerprint density at radius 2 is 1.95 bits per heavy atom. The highest BCUT2D eigenvalue weighted by molar-refractivity contribution is 9.10. The van der Waals surface area contributed by atoms with Crippen LogP contribution in [0, 0.1) is 12.8 Å². The van der Waals surface area contributed by atoms with Gasteiger partial charge in [-0.15, -0.1) is 0 Å². The lowest BCUT2D eigenvalue weighted by atomic mass is 10.1. The zero-order valence-corrected chi connectivity index (χ0v) is 23.1. The molecule has 3 heterocycles. The number of Topliss-reactive ketones (excluding diaryl/α,β-unsaturated/α-hetero) is 1. The number of aromatic nitrogens is 4. The number of aryl methyl sites for hydroxylation is 1. The zero-order chi connectivity index (χ0) is 26.6.